The first-order valence-corrected chi connectivity index (χ1v) is 19.3. The van der Waals surface area contributed by atoms with Crippen molar-refractivity contribution in [3.8, 4) is 56.4 Å². The van der Waals surface area contributed by atoms with E-state index in [1.807, 2.05) is 47.7 Å². The van der Waals surface area contributed by atoms with E-state index in [-0.39, 0.29) is 0 Å². The van der Waals surface area contributed by atoms with Gasteiger partial charge in [-0.25, -0.2) is 15.0 Å². The molecule has 0 spiro atoms. The zero-order valence-electron chi connectivity index (χ0n) is 29.6. The standard InChI is InChI=1S/C51H31N3S/c1-3-15-34(16-4-1)49-52-50(35-17-5-2-6-18-35)54-51(53-49)48-39-20-10-8-13-32(39)23-26-43(48)42-29-28-37(40-21-11-12-22-41(40)42)36-24-27-44-46(31-36)55-45-30-25-33-14-7-9-19-38(33)47(44)45/h1-31H. The van der Waals surface area contributed by atoms with Crippen molar-refractivity contribution in [3.05, 3.63) is 188 Å². The zero-order valence-corrected chi connectivity index (χ0v) is 30.5. The summed E-state index contributed by atoms with van der Waals surface area (Å²) in [6.45, 7) is 0. The lowest BCUT2D eigenvalue weighted by molar-refractivity contribution is 1.08. The Morgan fingerprint density at radius 3 is 1.55 bits per heavy atom. The number of fused-ring (bicyclic) bond motifs is 7. The molecule has 2 aromatic heterocycles. The van der Waals surface area contributed by atoms with Gasteiger partial charge in [0.05, 0.1) is 0 Å². The van der Waals surface area contributed by atoms with Crippen LogP contribution in [-0.4, -0.2) is 15.0 Å². The molecular weight excluding hydrogens is 687 g/mol. The fourth-order valence-corrected chi connectivity index (χ4v) is 9.32. The molecule has 0 aliphatic carbocycles. The van der Waals surface area contributed by atoms with E-state index in [0.717, 1.165) is 38.6 Å². The summed E-state index contributed by atoms with van der Waals surface area (Å²) < 4.78 is 2.62. The van der Waals surface area contributed by atoms with Gasteiger partial charge < -0.3 is 0 Å². The van der Waals surface area contributed by atoms with E-state index in [9.17, 15) is 0 Å². The summed E-state index contributed by atoms with van der Waals surface area (Å²) in [4.78, 5) is 15.5. The number of nitrogens with zero attached hydrogens (tertiary/aromatic N) is 3. The molecule has 0 aliphatic heterocycles. The molecule has 0 radical (unpaired) electrons. The monoisotopic (exact) mass is 717 g/mol. The van der Waals surface area contributed by atoms with E-state index >= 15 is 0 Å². The lowest BCUT2D eigenvalue weighted by Gasteiger charge is -2.17. The zero-order chi connectivity index (χ0) is 36.3. The Morgan fingerprint density at radius 2 is 0.836 bits per heavy atom. The maximum absolute atomic E-state index is 5.23. The third-order valence-electron chi connectivity index (χ3n) is 10.7. The van der Waals surface area contributed by atoms with Crippen molar-refractivity contribution in [2.45, 2.75) is 0 Å². The fraction of sp³-hybridized carbons (Fsp3) is 0. The molecule has 11 aromatic rings. The van der Waals surface area contributed by atoms with Gasteiger partial charge in [-0.2, -0.15) is 0 Å². The average Bonchev–Trinajstić information content (AvgIpc) is 3.65. The van der Waals surface area contributed by atoms with Crippen LogP contribution in [0.1, 0.15) is 0 Å². The number of rotatable bonds is 5. The molecule has 0 bridgehead atoms. The van der Waals surface area contributed by atoms with E-state index in [0.29, 0.717) is 17.5 Å². The number of aromatic nitrogens is 3. The first-order valence-electron chi connectivity index (χ1n) is 18.5. The van der Waals surface area contributed by atoms with Crippen molar-refractivity contribution in [1.29, 1.82) is 0 Å². The highest BCUT2D eigenvalue weighted by molar-refractivity contribution is 7.26. The van der Waals surface area contributed by atoms with Gasteiger partial charge in [-0.15, -0.1) is 11.3 Å². The van der Waals surface area contributed by atoms with Gasteiger partial charge in [0.25, 0.3) is 0 Å². The fourth-order valence-electron chi connectivity index (χ4n) is 8.16. The van der Waals surface area contributed by atoms with Crippen LogP contribution in [0, 0.1) is 0 Å². The summed E-state index contributed by atoms with van der Waals surface area (Å²) in [6.07, 6.45) is 0. The SMILES string of the molecule is c1ccc(-c2nc(-c3ccccc3)nc(-c3c(-c4ccc(-c5ccc6c(c5)sc5ccc7ccccc7c56)c5ccccc45)ccc4ccccc34)n2)cc1. The normalized spacial score (nSPS) is 11.6. The molecule has 55 heavy (non-hydrogen) atoms. The highest BCUT2D eigenvalue weighted by Gasteiger charge is 2.21. The molecule has 0 amide bonds. The molecule has 11 rings (SSSR count). The number of benzene rings is 9. The summed E-state index contributed by atoms with van der Waals surface area (Å²) in [6, 6.07) is 66.9. The molecule has 0 saturated heterocycles. The summed E-state index contributed by atoms with van der Waals surface area (Å²) >= 11 is 1.87. The summed E-state index contributed by atoms with van der Waals surface area (Å²) in [5, 5.41) is 9.86. The highest BCUT2D eigenvalue weighted by Crippen LogP contribution is 2.44. The van der Waals surface area contributed by atoms with Crippen LogP contribution in [0.15, 0.2) is 188 Å². The van der Waals surface area contributed by atoms with Crippen LogP contribution >= 0.6 is 11.3 Å². The van der Waals surface area contributed by atoms with Gasteiger partial charge in [0.1, 0.15) is 0 Å². The molecule has 0 aliphatic rings. The number of thiophene rings is 1. The number of hydrogen-bond donors (Lipinski definition) is 0. The van der Waals surface area contributed by atoms with Gasteiger partial charge in [0, 0.05) is 36.9 Å². The van der Waals surface area contributed by atoms with Gasteiger partial charge in [0.15, 0.2) is 17.5 Å². The molecule has 0 N–H and O–H groups in total. The Morgan fingerprint density at radius 1 is 0.309 bits per heavy atom. The Balaban J connectivity index is 1.13. The van der Waals surface area contributed by atoms with E-state index in [4.69, 9.17) is 15.0 Å². The molecular formula is C51H31N3S. The molecule has 0 unspecified atom stereocenters. The van der Waals surface area contributed by atoms with Crippen molar-refractivity contribution in [2.24, 2.45) is 0 Å². The van der Waals surface area contributed by atoms with Crippen molar-refractivity contribution in [1.82, 2.24) is 15.0 Å². The van der Waals surface area contributed by atoms with Crippen molar-refractivity contribution >= 4 is 63.8 Å². The molecule has 0 fully saturated rings. The van der Waals surface area contributed by atoms with E-state index < -0.39 is 0 Å². The third kappa shape index (κ3) is 5.30. The Labute approximate surface area is 321 Å². The second-order valence-corrected chi connectivity index (χ2v) is 15.0. The van der Waals surface area contributed by atoms with Gasteiger partial charge in [0.2, 0.25) is 0 Å². The minimum Gasteiger partial charge on any atom is -0.208 e. The average molecular weight is 718 g/mol. The van der Waals surface area contributed by atoms with E-state index in [1.165, 1.54) is 52.8 Å². The lowest BCUT2D eigenvalue weighted by atomic mass is 9.88. The minimum absolute atomic E-state index is 0.646. The van der Waals surface area contributed by atoms with Crippen LogP contribution in [0.3, 0.4) is 0 Å². The topological polar surface area (TPSA) is 38.7 Å². The van der Waals surface area contributed by atoms with Crippen molar-refractivity contribution < 1.29 is 0 Å². The van der Waals surface area contributed by atoms with Crippen molar-refractivity contribution in [2.75, 3.05) is 0 Å². The predicted molar refractivity (Wildman–Crippen MR) is 232 cm³/mol. The minimum atomic E-state index is 0.646. The first kappa shape index (κ1) is 31.5. The molecule has 3 nitrogen and oxygen atoms in total. The van der Waals surface area contributed by atoms with Gasteiger partial charge in [-0.3, -0.25) is 0 Å². The van der Waals surface area contributed by atoms with Crippen LogP contribution in [0.2, 0.25) is 0 Å². The molecule has 256 valence electrons. The number of hydrogen-bond acceptors (Lipinski definition) is 4. The largest absolute Gasteiger partial charge is 0.208 e. The van der Waals surface area contributed by atoms with Gasteiger partial charge >= 0.3 is 0 Å². The molecule has 0 atom stereocenters. The maximum atomic E-state index is 5.23. The van der Waals surface area contributed by atoms with E-state index in [2.05, 4.69) is 152 Å². The molecule has 2 heterocycles. The van der Waals surface area contributed by atoms with E-state index in [1.54, 1.807) is 0 Å². The van der Waals surface area contributed by atoms with Gasteiger partial charge in [-0.1, -0.05) is 176 Å². The molecule has 0 saturated carbocycles. The highest BCUT2D eigenvalue weighted by atomic mass is 32.1. The maximum Gasteiger partial charge on any atom is 0.165 e. The van der Waals surface area contributed by atoms with Crippen LogP contribution in [-0.2, 0) is 0 Å². The summed E-state index contributed by atoms with van der Waals surface area (Å²) in [5.74, 6) is 1.94. The Bertz CT molecular complexity index is 3200. The predicted octanol–water partition coefficient (Wildman–Crippen LogP) is 14.0. The second-order valence-electron chi connectivity index (χ2n) is 13.9. The Kier molecular flexibility index (Phi) is 7.35. The third-order valence-corrected chi connectivity index (χ3v) is 11.9. The lowest BCUT2D eigenvalue weighted by Crippen LogP contribution is -2.02. The first-order chi connectivity index (χ1) is 27.3. The van der Waals surface area contributed by atoms with Crippen LogP contribution in [0.4, 0.5) is 0 Å². The Hall–Kier alpha value is -7.01. The van der Waals surface area contributed by atoms with Crippen molar-refractivity contribution in [3.63, 3.8) is 0 Å². The quantitative estimate of drug-likeness (QED) is 0.178. The van der Waals surface area contributed by atoms with Crippen LogP contribution in [0.25, 0.3) is 109 Å². The smallest absolute Gasteiger partial charge is 0.165 e. The summed E-state index contributed by atoms with van der Waals surface area (Å²) in [7, 11) is 0. The van der Waals surface area contributed by atoms with Crippen LogP contribution in [0.5, 0.6) is 0 Å². The second kappa shape index (κ2) is 12.8. The molecule has 9 aromatic carbocycles. The van der Waals surface area contributed by atoms with Gasteiger partial charge in [-0.05, 0) is 66.7 Å². The molecule has 4 heteroatoms. The summed E-state index contributed by atoms with van der Waals surface area (Å²) in [5.41, 5.74) is 7.53. The van der Waals surface area contributed by atoms with Crippen LogP contribution < -0.4 is 0 Å².